The van der Waals surface area contributed by atoms with Crippen LogP contribution in [0.4, 0.5) is 0 Å². The molecule has 0 aromatic heterocycles. The van der Waals surface area contributed by atoms with Crippen molar-refractivity contribution in [2.24, 2.45) is 11.8 Å². The average Bonchev–Trinajstić information content (AvgIpc) is 2.71. The first-order valence-electron chi connectivity index (χ1n) is 6.91. The van der Waals surface area contributed by atoms with Crippen LogP contribution in [0.1, 0.15) is 36.0 Å². The van der Waals surface area contributed by atoms with E-state index < -0.39 is 0 Å². The molecule has 2 atom stereocenters. The highest BCUT2D eigenvalue weighted by atomic mass is 14.8. The molecular weight excluding hydrogens is 206 g/mol. The summed E-state index contributed by atoms with van der Waals surface area (Å²) in [4.78, 5) is 0. The molecule has 1 aliphatic rings. The molecule has 0 saturated heterocycles. The van der Waals surface area contributed by atoms with Crippen molar-refractivity contribution in [2.45, 2.75) is 39.5 Å². The van der Waals surface area contributed by atoms with Crippen molar-refractivity contribution in [1.29, 1.82) is 0 Å². The van der Waals surface area contributed by atoms with Crippen molar-refractivity contribution in [3.8, 4) is 0 Å². The maximum absolute atomic E-state index is 3.35. The van der Waals surface area contributed by atoms with E-state index in [2.05, 4.69) is 44.4 Å². The molecule has 0 aliphatic heterocycles. The first-order valence-corrected chi connectivity index (χ1v) is 6.91. The molecule has 2 unspecified atom stereocenters. The van der Waals surface area contributed by atoms with Crippen LogP contribution in [-0.2, 0) is 6.42 Å². The number of aryl methyl sites for hydroxylation is 2. The van der Waals surface area contributed by atoms with Crippen molar-refractivity contribution in [3.05, 3.63) is 34.9 Å². The summed E-state index contributed by atoms with van der Waals surface area (Å²) in [5, 5.41) is 3.35. The van der Waals surface area contributed by atoms with Gasteiger partial charge >= 0.3 is 0 Å². The van der Waals surface area contributed by atoms with Crippen LogP contribution in [0.25, 0.3) is 0 Å². The predicted molar refractivity (Wildman–Crippen MR) is 74.4 cm³/mol. The lowest BCUT2D eigenvalue weighted by Gasteiger charge is -2.20. The summed E-state index contributed by atoms with van der Waals surface area (Å²) in [5.74, 6) is 1.78. The minimum atomic E-state index is 0.890. The van der Waals surface area contributed by atoms with E-state index in [0.29, 0.717) is 0 Å². The molecule has 0 amide bonds. The Kier molecular flexibility index (Phi) is 4.22. The third kappa shape index (κ3) is 3.10. The lowest BCUT2D eigenvalue weighted by molar-refractivity contribution is 0.374. The van der Waals surface area contributed by atoms with Crippen LogP contribution in [0.2, 0.25) is 0 Å². The fourth-order valence-electron chi connectivity index (χ4n) is 3.27. The minimum absolute atomic E-state index is 0.890. The summed E-state index contributed by atoms with van der Waals surface area (Å²) >= 11 is 0. The number of rotatable bonds is 4. The lowest BCUT2D eigenvalue weighted by Crippen LogP contribution is -2.23. The first-order chi connectivity index (χ1) is 8.20. The molecule has 0 heterocycles. The SMILES string of the molecule is CNCC1CCCC1Cc1ccc(C)cc1C. The first kappa shape index (κ1) is 12.6. The average molecular weight is 231 g/mol. The van der Waals surface area contributed by atoms with Crippen LogP contribution in [0.5, 0.6) is 0 Å². The predicted octanol–water partition coefficient (Wildman–Crippen LogP) is 3.48. The smallest absolute Gasteiger partial charge is 0.00208 e. The van der Waals surface area contributed by atoms with E-state index in [1.165, 1.54) is 43.4 Å². The summed E-state index contributed by atoms with van der Waals surface area (Å²) in [5.41, 5.74) is 4.41. The van der Waals surface area contributed by atoms with E-state index in [9.17, 15) is 0 Å². The third-order valence-corrected chi connectivity index (χ3v) is 4.26. The normalized spacial score (nSPS) is 24.2. The summed E-state index contributed by atoms with van der Waals surface area (Å²) < 4.78 is 0. The largest absolute Gasteiger partial charge is 0.319 e. The van der Waals surface area contributed by atoms with Crippen molar-refractivity contribution in [1.82, 2.24) is 5.32 Å². The van der Waals surface area contributed by atoms with Gasteiger partial charge in [-0.2, -0.15) is 0 Å². The quantitative estimate of drug-likeness (QED) is 0.836. The standard InChI is InChI=1S/C16H25N/c1-12-7-8-14(13(2)9-12)10-15-5-4-6-16(15)11-17-3/h7-9,15-17H,4-6,10-11H2,1-3H3. The highest BCUT2D eigenvalue weighted by molar-refractivity contribution is 5.30. The van der Waals surface area contributed by atoms with Gasteiger partial charge in [-0.05, 0) is 69.7 Å². The number of hydrogen-bond acceptors (Lipinski definition) is 1. The molecule has 1 aliphatic carbocycles. The second-order valence-electron chi connectivity index (χ2n) is 5.64. The van der Waals surface area contributed by atoms with Gasteiger partial charge in [-0.1, -0.05) is 30.2 Å². The van der Waals surface area contributed by atoms with Gasteiger partial charge in [0, 0.05) is 0 Å². The Hall–Kier alpha value is -0.820. The van der Waals surface area contributed by atoms with Gasteiger partial charge in [-0.15, -0.1) is 0 Å². The second kappa shape index (κ2) is 5.68. The van der Waals surface area contributed by atoms with Crippen LogP contribution in [0.15, 0.2) is 18.2 Å². The Balaban J connectivity index is 2.04. The summed E-state index contributed by atoms with van der Waals surface area (Å²) in [6, 6.07) is 6.90. The van der Waals surface area contributed by atoms with Gasteiger partial charge in [0.1, 0.15) is 0 Å². The molecule has 1 aromatic rings. The van der Waals surface area contributed by atoms with Crippen molar-refractivity contribution < 1.29 is 0 Å². The molecule has 0 spiro atoms. The molecule has 1 saturated carbocycles. The van der Waals surface area contributed by atoms with Crippen LogP contribution in [-0.4, -0.2) is 13.6 Å². The Labute approximate surface area is 106 Å². The van der Waals surface area contributed by atoms with Crippen molar-refractivity contribution in [2.75, 3.05) is 13.6 Å². The molecule has 1 heteroatoms. The molecule has 1 N–H and O–H groups in total. The maximum Gasteiger partial charge on any atom is -0.00208 e. The van der Waals surface area contributed by atoms with E-state index in [1.807, 2.05) is 0 Å². The molecular formula is C16H25N. The Bertz CT molecular complexity index is 370. The van der Waals surface area contributed by atoms with Crippen LogP contribution < -0.4 is 5.32 Å². The highest BCUT2D eigenvalue weighted by Gasteiger charge is 2.26. The second-order valence-corrected chi connectivity index (χ2v) is 5.64. The van der Waals surface area contributed by atoms with E-state index >= 15 is 0 Å². The molecule has 0 radical (unpaired) electrons. The zero-order valence-corrected chi connectivity index (χ0v) is 11.4. The fraction of sp³-hybridized carbons (Fsp3) is 0.625. The van der Waals surface area contributed by atoms with Crippen LogP contribution >= 0.6 is 0 Å². The molecule has 0 bridgehead atoms. The maximum atomic E-state index is 3.35. The molecule has 1 fully saturated rings. The summed E-state index contributed by atoms with van der Waals surface area (Å²) in [6.45, 7) is 5.62. The van der Waals surface area contributed by atoms with Crippen molar-refractivity contribution in [3.63, 3.8) is 0 Å². The Morgan fingerprint density at radius 3 is 2.65 bits per heavy atom. The molecule has 1 aromatic carbocycles. The minimum Gasteiger partial charge on any atom is -0.319 e. The molecule has 1 nitrogen and oxygen atoms in total. The topological polar surface area (TPSA) is 12.0 Å². The van der Waals surface area contributed by atoms with E-state index in [-0.39, 0.29) is 0 Å². The zero-order chi connectivity index (χ0) is 12.3. The molecule has 94 valence electrons. The number of hydrogen-bond donors (Lipinski definition) is 1. The van der Waals surface area contributed by atoms with Gasteiger partial charge in [0.2, 0.25) is 0 Å². The van der Waals surface area contributed by atoms with E-state index in [0.717, 1.165) is 11.8 Å². The molecule has 2 rings (SSSR count). The van der Waals surface area contributed by atoms with E-state index in [4.69, 9.17) is 0 Å². The summed E-state index contributed by atoms with van der Waals surface area (Å²) in [7, 11) is 2.08. The monoisotopic (exact) mass is 231 g/mol. The van der Waals surface area contributed by atoms with Crippen LogP contribution in [0, 0.1) is 25.7 Å². The summed E-state index contributed by atoms with van der Waals surface area (Å²) in [6.07, 6.45) is 5.52. The van der Waals surface area contributed by atoms with Gasteiger partial charge < -0.3 is 5.32 Å². The van der Waals surface area contributed by atoms with Gasteiger partial charge in [0.05, 0.1) is 0 Å². The highest BCUT2D eigenvalue weighted by Crippen LogP contribution is 2.34. The van der Waals surface area contributed by atoms with Crippen LogP contribution in [0.3, 0.4) is 0 Å². The number of nitrogens with one attached hydrogen (secondary N) is 1. The fourth-order valence-corrected chi connectivity index (χ4v) is 3.27. The Morgan fingerprint density at radius 2 is 1.94 bits per heavy atom. The van der Waals surface area contributed by atoms with E-state index in [1.54, 1.807) is 5.56 Å². The molecule has 17 heavy (non-hydrogen) atoms. The van der Waals surface area contributed by atoms with Gasteiger partial charge in [0.25, 0.3) is 0 Å². The van der Waals surface area contributed by atoms with Crippen molar-refractivity contribution >= 4 is 0 Å². The Morgan fingerprint density at radius 1 is 1.18 bits per heavy atom. The third-order valence-electron chi connectivity index (χ3n) is 4.26. The van der Waals surface area contributed by atoms with Gasteiger partial charge in [-0.25, -0.2) is 0 Å². The van der Waals surface area contributed by atoms with Gasteiger partial charge in [-0.3, -0.25) is 0 Å². The lowest BCUT2D eigenvalue weighted by atomic mass is 9.88. The zero-order valence-electron chi connectivity index (χ0n) is 11.4. The van der Waals surface area contributed by atoms with Gasteiger partial charge in [0.15, 0.2) is 0 Å². The number of benzene rings is 1.